The van der Waals surface area contributed by atoms with Gasteiger partial charge in [0.2, 0.25) is 0 Å². The van der Waals surface area contributed by atoms with Crippen LogP contribution in [0.2, 0.25) is 0 Å². The number of benzene rings is 1. The monoisotopic (exact) mass is 255 g/mol. The molecule has 19 heavy (non-hydrogen) atoms. The molecule has 0 radical (unpaired) electrons. The summed E-state index contributed by atoms with van der Waals surface area (Å²) < 4.78 is 13.1. The van der Waals surface area contributed by atoms with E-state index in [2.05, 4.69) is 9.97 Å². The fourth-order valence-electron chi connectivity index (χ4n) is 1.96. The molecule has 0 aliphatic carbocycles. The van der Waals surface area contributed by atoms with Crippen molar-refractivity contribution in [3.8, 4) is 11.3 Å². The summed E-state index contributed by atoms with van der Waals surface area (Å²) in [5.74, 6) is -0.842. The molecule has 0 spiro atoms. The number of rotatable bonds is 2. The zero-order valence-corrected chi connectivity index (χ0v) is 9.85. The summed E-state index contributed by atoms with van der Waals surface area (Å²) in [5.41, 5.74) is 7.80. The lowest BCUT2D eigenvalue weighted by Gasteiger charge is -1.98. The van der Waals surface area contributed by atoms with Crippen molar-refractivity contribution in [2.24, 2.45) is 5.73 Å². The lowest BCUT2D eigenvalue weighted by molar-refractivity contribution is 0.0995. The minimum Gasteiger partial charge on any atom is -0.364 e. The number of carbonyl (C=O) groups excluding carboxylic acids is 1. The average Bonchev–Trinajstić information content (AvgIpc) is 2.81. The third-order valence-corrected chi connectivity index (χ3v) is 2.91. The van der Waals surface area contributed by atoms with Crippen molar-refractivity contribution in [1.29, 1.82) is 0 Å². The number of aromatic amines is 1. The van der Waals surface area contributed by atoms with E-state index in [-0.39, 0.29) is 11.5 Å². The number of pyridine rings is 1. The van der Waals surface area contributed by atoms with E-state index in [1.807, 2.05) is 6.07 Å². The molecule has 94 valence electrons. The highest BCUT2D eigenvalue weighted by atomic mass is 19.1. The molecule has 4 nitrogen and oxygen atoms in total. The fraction of sp³-hybridized carbons (Fsp3) is 0. The number of aromatic nitrogens is 2. The van der Waals surface area contributed by atoms with Crippen LogP contribution in [0.4, 0.5) is 4.39 Å². The first kappa shape index (κ1) is 11.4. The van der Waals surface area contributed by atoms with Gasteiger partial charge in [-0.05, 0) is 36.4 Å². The normalized spacial score (nSPS) is 10.8. The lowest BCUT2D eigenvalue weighted by Crippen LogP contribution is -2.12. The molecule has 0 bridgehead atoms. The Bertz CT molecular complexity index is 762. The number of nitrogens with one attached hydrogen (secondary N) is 1. The topological polar surface area (TPSA) is 71.8 Å². The SMILES string of the molecule is NC(=O)c1ccc(-c2cc3cc(F)ccc3[nH]2)cn1. The van der Waals surface area contributed by atoms with Gasteiger partial charge in [0, 0.05) is 28.4 Å². The van der Waals surface area contributed by atoms with Crippen molar-refractivity contribution < 1.29 is 9.18 Å². The van der Waals surface area contributed by atoms with Gasteiger partial charge in [0.25, 0.3) is 5.91 Å². The molecule has 5 heteroatoms. The van der Waals surface area contributed by atoms with E-state index in [4.69, 9.17) is 5.73 Å². The largest absolute Gasteiger partial charge is 0.364 e. The fourth-order valence-corrected chi connectivity index (χ4v) is 1.96. The molecule has 1 amide bonds. The molecular weight excluding hydrogens is 245 g/mol. The highest BCUT2D eigenvalue weighted by molar-refractivity contribution is 5.91. The summed E-state index contributed by atoms with van der Waals surface area (Å²) in [4.78, 5) is 18.1. The summed E-state index contributed by atoms with van der Waals surface area (Å²) in [5, 5.41) is 0.786. The van der Waals surface area contributed by atoms with Crippen molar-refractivity contribution in [2.45, 2.75) is 0 Å². The van der Waals surface area contributed by atoms with Crippen molar-refractivity contribution >= 4 is 16.8 Å². The number of carbonyl (C=O) groups is 1. The minimum absolute atomic E-state index is 0.214. The summed E-state index contributed by atoms with van der Waals surface area (Å²) in [6, 6.07) is 9.67. The van der Waals surface area contributed by atoms with Crippen LogP contribution in [0, 0.1) is 5.82 Å². The molecule has 1 aromatic carbocycles. The van der Waals surface area contributed by atoms with Gasteiger partial charge in [-0.15, -0.1) is 0 Å². The maximum Gasteiger partial charge on any atom is 0.267 e. The molecule has 0 aliphatic rings. The van der Waals surface area contributed by atoms with E-state index in [0.717, 1.165) is 22.2 Å². The van der Waals surface area contributed by atoms with E-state index in [1.54, 1.807) is 24.4 Å². The quantitative estimate of drug-likeness (QED) is 0.738. The van der Waals surface area contributed by atoms with Gasteiger partial charge in [-0.1, -0.05) is 0 Å². The van der Waals surface area contributed by atoms with E-state index in [9.17, 15) is 9.18 Å². The molecular formula is C14H10FN3O. The third-order valence-electron chi connectivity index (χ3n) is 2.91. The molecule has 3 rings (SSSR count). The number of H-pyrrole nitrogens is 1. The summed E-state index contributed by atoms with van der Waals surface area (Å²) in [6.07, 6.45) is 1.56. The van der Waals surface area contributed by atoms with Crippen LogP contribution in [-0.2, 0) is 0 Å². The van der Waals surface area contributed by atoms with Gasteiger partial charge in [-0.25, -0.2) is 4.39 Å². The molecule has 2 aromatic heterocycles. The number of hydrogen-bond acceptors (Lipinski definition) is 2. The molecule has 0 saturated heterocycles. The van der Waals surface area contributed by atoms with Gasteiger partial charge < -0.3 is 10.7 Å². The van der Waals surface area contributed by atoms with E-state index < -0.39 is 5.91 Å². The van der Waals surface area contributed by atoms with Crippen LogP contribution in [-0.4, -0.2) is 15.9 Å². The Hall–Kier alpha value is -2.69. The first-order valence-corrected chi connectivity index (χ1v) is 5.68. The Kier molecular flexibility index (Phi) is 2.52. The average molecular weight is 255 g/mol. The Morgan fingerprint density at radius 1 is 1.21 bits per heavy atom. The van der Waals surface area contributed by atoms with Gasteiger partial charge in [-0.2, -0.15) is 0 Å². The molecule has 0 atom stereocenters. The van der Waals surface area contributed by atoms with Gasteiger partial charge in [0.05, 0.1) is 0 Å². The molecule has 0 unspecified atom stereocenters. The first-order chi connectivity index (χ1) is 9.13. The second-order valence-electron chi connectivity index (χ2n) is 4.21. The number of nitrogens with zero attached hydrogens (tertiary/aromatic N) is 1. The van der Waals surface area contributed by atoms with Crippen LogP contribution in [0.25, 0.3) is 22.2 Å². The first-order valence-electron chi connectivity index (χ1n) is 5.68. The number of halogens is 1. The molecule has 3 aromatic rings. The summed E-state index contributed by atoms with van der Waals surface area (Å²) in [7, 11) is 0. The zero-order chi connectivity index (χ0) is 13.4. The highest BCUT2D eigenvalue weighted by Crippen LogP contribution is 2.24. The van der Waals surface area contributed by atoms with Crippen LogP contribution in [0.5, 0.6) is 0 Å². The number of hydrogen-bond donors (Lipinski definition) is 2. The van der Waals surface area contributed by atoms with Crippen molar-refractivity contribution in [1.82, 2.24) is 9.97 Å². The summed E-state index contributed by atoms with van der Waals surface area (Å²) >= 11 is 0. The van der Waals surface area contributed by atoms with Crippen LogP contribution in [0.1, 0.15) is 10.5 Å². The van der Waals surface area contributed by atoms with E-state index in [0.29, 0.717) is 0 Å². The van der Waals surface area contributed by atoms with E-state index in [1.165, 1.54) is 12.1 Å². The van der Waals surface area contributed by atoms with Gasteiger partial charge in [0.15, 0.2) is 0 Å². The Labute approximate surface area is 108 Å². The lowest BCUT2D eigenvalue weighted by atomic mass is 10.2. The van der Waals surface area contributed by atoms with Gasteiger partial charge in [0.1, 0.15) is 11.5 Å². The Balaban J connectivity index is 2.06. The maximum atomic E-state index is 13.1. The van der Waals surface area contributed by atoms with Crippen molar-refractivity contribution in [3.63, 3.8) is 0 Å². The zero-order valence-electron chi connectivity index (χ0n) is 9.85. The number of nitrogens with two attached hydrogens (primary N) is 1. The highest BCUT2D eigenvalue weighted by Gasteiger charge is 2.06. The van der Waals surface area contributed by atoms with Crippen molar-refractivity contribution in [2.75, 3.05) is 0 Å². The molecule has 2 heterocycles. The molecule has 0 saturated carbocycles. The number of primary amides is 1. The van der Waals surface area contributed by atoms with Crippen LogP contribution < -0.4 is 5.73 Å². The second kappa shape index (κ2) is 4.20. The van der Waals surface area contributed by atoms with Crippen LogP contribution in [0.3, 0.4) is 0 Å². The third kappa shape index (κ3) is 2.06. The minimum atomic E-state index is -0.565. The maximum absolute atomic E-state index is 13.1. The smallest absolute Gasteiger partial charge is 0.267 e. The predicted octanol–water partition coefficient (Wildman–Crippen LogP) is 2.47. The second-order valence-corrected chi connectivity index (χ2v) is 4.21. The van der Waals surface area contributed by atoms with Crippen LogP contribution in [0.15, 0.2) is 42.6 Å². The van der Waals surface area contributed by atoms with Gasteiger partial charge in [-0.3, -0.25) is 9.78 Å². The standard InChI is InChI=1S/C14H10FN3O/c15-10-2-4-11-9(5-10)6-13(18-11)8-1-3-12(14(16)19)17-7-8/h1-7,18H,(H2,16,19). The van der Waals surface area contributed by atoms with Crippen molar-refractivity contribution in [3.05, 3.63) is 54.1 Å². The summed E-state index contributed by atoms with van der Waals surface area (Å²) in [6.45, 7) is 0. The number of amides is 1. The van der Waals surface area contributed by atoms with Crippen LogP contribution >= 0.6 is 0 Å². The Morgan fingerprint density at radius 2 is 2.05 bits per heavy atom. The molecule has 3 N–H and O–H groups in total. The van der Waals surface area contributed by atoms with Gasteiger partial charge >= 0.3 is 0 Å². The molecule has 0 aliphatic heterocycles. The molecule has 0 fully saturated rings. The predicted molar refractivity (Wildman–Crippen MR) is 70.0 cm³/mol. The Morgan fingerprint density at radius 3 is 2.74 bits per heavy atom. The number of fused-ring (bicyclic) bond motifs is 1. The van der Waals surface area contributed by atoms with E-state index >= 15 is 0 Å².